The van der Waals surface area contributed by atoms with Gasteiger partial charge in [0.1, 0.15) is 5.82 Å². The Balaban J connectivity index is 1.90. The van der Waals surface area contributed by atoms with Crippen molar-refractivity contribution in [2.24, 2.45) is 11.8 Å². The largest absolute Gasteiger partial charge is 0.476 e. The third-order valence-electron chi connectivity index (χ3n) is 3.34. The summed E-state index contributed by atoms with van der Waals surface area (Å²) in [7, 11) is 0. The molecule has 0 bridgehead atoms. The maximum Gasteiger partial charge on any atom is 0.356 e. The van der Waals surface area contributed by atoms with Crippen molar-refractivity contribution < 1.29 is 14.6 Å². The molecule has 6 heteroatoms. The van der Waals surface area contributed by atoms with Gasteiger partial charge in [-0.15, -0.1) is 0 Å². The fraction of sp³-hybridized carbons (Fsp3) is 0.615. The zero-order chi connectivity index (χ0) is 13.8. The van der Waals surface area contributed by atoms with E-state index in [9.17, 15) is 4.79 Å². The lowest BCUT2D eigenvalue weighted by Gasteiger charge is -2.22. The third-order valence-corrected chi connectivity index (χ3v) is 3.34. The van der Waals surface area contributed by atoms with Crippen LogP contribution >= 0.6 is 0 Å². The highest BCUT2D eigenvalue weighted by Crippen LogP contribution is 2.26. The molecule has 0 aliphatic carbocycles. The Bertz CT molecular complexity index is 433. The Kier molecular flexibility index (Phi) is 4.31. The van der Waals surface area contributed by atoms with E-state index in [0.29, 0.717) is 17.7 Å². The van der Waals surface area contributed by atoms with Gasteiger partial charge in [-0.05, 0) is 12.3 Å². The standard InChI is InChI=1S/C13H19N3O3/c1-8(2)12-9(3-4-19-12)5-15-11-7-14-10(6-16-11)13(17)18/h6-9,12H,3-5H2,1-2H3,(H,15,16)(H,17,18)/t9-,12-/m1/s1. The number of carbonyl (C=O) groups is 1. The van der Waals surface area contributed by atoms with Crippen LogP contribution in [0.3, 0.4) is 0 Å². The first-order valence-electron chi connectivity index (χ1n) is 6.48. The van der Waals surface area contributed by atoms with E-state index in [2.05, 4.69) is 29.1 Å². The zero-order valence-corrected chi connectivity index (χ0v) is 11.2. The summed E-state index contributed by atoms with van der Waals surface area (Å²) in [5, 5.41) is 11.9. The predicted octanol–water partition coefficient (Wildman–Crippen LogP) is 1.65. The molecule has 1 saturated heterocycles. The number of carboxylic acids is 1. The van der Waals surface area contributed by atoms with E-state index in [1.54, 1.807) is 0 Å². The van der Waals surface area contributed by atoms with Crippen LogP contribution < -0.4 is 5.32 Å². The van der Waals surface area contributed by atoms with Gasteiger partial charge in [0.25, 0.3) is 0 Å². The van der Waals surface area contributed by atoms with Gasteiger partial charge in [-0.2, -0.15) is 0 Å². The molecular weight excluding hydrogens is 246 g/mol. The molecule has 2 rings (SSSR count). The number of aromatic nitrogens is 2. The van der Waals surface area contributed by atoms with Crippen LogP contribution in [-0.4, -0.2) is 40.3 Å². The Morgan fingerprint density at radius 1 is 1.53 bits per heavy atom. The molecule has 1 fully saturated rings. The number of carboxylic acid groups (broad SMARTS) is 1. The lowest BCUT2D eigenvalue weighted by atomic mass is 9.93. The van der Waals surface area contributed by atoms with Gasteiger partial charge in [-0.1, -0.05) is 13.8 Å². The summed E-state index contributed by atoms with van der Waals surface area (Å²) in [5.41, 5.74) is -0.0465. The second kappa shape index (κ2) is 5.97. The van der Waals surface area contributed by atoms with Gasteiger partial charge in [0.2, 0.25) is 0 Å². The van der Waals surface area contributed by atoms with Gasteiger partial charge >= 0.3 is 5.97 Å². The Labute approximate surface area is 112 Å². The van der Waals surface area contributed by atoms with Crippen molar-refractivity contribution >= 4 is 11.8 Å². The van der Waals surface area contributed by atoms with Crippen molar-refractivity contribution in [1.82, 2.24) is 9.97 Å². The Morgan fingerprint density at radius 2 is 2.32 bits per heavy atom. The molecule has 2 heterocycles. The van der Waals surface area contributed by atoms with E-state index in [-0.39, 0.29) is 11.8 Å². The zero-order valence-electron chi connectivity index (χ0n) is 11.2. The van der Waals surface area contributed by atoms with E-state index in [0.717, 1.165) is 19.6 Å². The van der Waals surface area contributed by atoms with Crippen molar-refractivity contribution in [2.75, 3.05) is 18.5 Å². The van der Waals surface area contributed by atoms with E-state index >= 15 is 0 Å². The topological polar surface area (TPSA) is 84.3 Å². The highest BCUT2D eigenvalue weighted by atomic mass is 16.5. The normalized spacial score (nSPS) is 22.7. The molecule has 1 aliphatic rings. The Morgan fingerprint density at radius 3 is 2.89 bits per heavy atom. The average Bonchev–Trinajstić information content (AvgIpc) is 2.85. The quantitative estimate of drug-likeness (QED) is 0.842. The van der Waals surface area contributed by atoms with Gasteiger partial charge in [0.15, 0.2) is 5.69 Å². The smallest absolute Gasteiger partial charge is 0.356 e. The van der Waals surface area contributed by atoms with Gasteiger partial charge in [0.05, 0.1) is 18.5 Å². The maximum absolute atomic E-state index is 10.7. The number of hydrogen-bond acceptors (Lipinski definition) is 5. The number of rotatable bonds is 5. The molecule has 0 radical (unpaired) electrons. The van der Waals surface area contributed by atoms with Crippen LogP contribution in [-0.2, 0) is 4.74 Å². The summed E-state index contributed by atoms with van der Waals surface area (Å²) in [6.07, 6.45) is 4.02. The summed E-state index contributed by atoms with van der Waals surface area (Å²) >= 11 is 0. The first-order chi connectivity index (χ1) is 9.08. The van der Waals surface area contributed by atoms with Crippen LogP contribution in [0.15, 0.2) is 12.4 Å². The molecule has 0 saturated carbocycles. The molecule has 2 N–H and O–H groups in total. The first-order valence-corrected chi connectivity index (χ1v) is 6.48. The summed E-state index contributed by atoms with van der Waals surface area (Å²) in [5.74, 6) is 0.484. The first kappa shape index (κ1) is 13.7. The van der Waals surface area contributed by atoms with Crippen LogP contribution in [0.4, 0.5) is 5.82 Å². The highest BCUT2D eigenvalue weighted by Gasteiger charge is 2.30. The second-order valence-electron chi connectivity index (χ2n) is 5.10. The minimum absolute atomic E-state index is 0.0465. The molecule has 19 heavy (non-hydrogen) atoms. The van der Waals surface area contributed by atoms with Gasteiger partial charge in [0, 0.05) is 19.1 Å². The number of nitrogens with one attached hydrogen (secondary N) is 1. The average molecular weight is 265 g/mol. The predicted molar refractivity (Wildman–Crippen MR) is 70.2 cm³/mol. The van der Waals surface area contributed by atoms with Crippen molar-refractivity contribution in [3.8, 4) is 0 Å². The van der Waals surface area contributed by atoms with Crippen molar-refractivity contribution in [2.45, 2.75) is 26.4 Å². The third kappa shape index (κ3) is 3.41. The number of anilines is 1. The van der Waals surface area contributed by atoms with Crippen LogP contribution in [0.5, 0.6) is 0 Å². The van der Waals surface area contributed by atoms with Crippen molar-refractivity contribution in [1.29, 1.82) is 0 Å². The molecule has 1 aromatic rings. The highest BCUT2D eigenvalue weighted by molar-refractivity contribution is 5.84. The minimum atomic E-state index is -1.07. The summed E-state index contributed by atoms with van der Waals surface area (Å²) < 4.78 is 5.71. The van der Waals surface area contributed by atoms with Crippen molar-refractivity contribution in [3.05, 3.63) is 18.1 Å². The number of ether oxygens (including phenoxy) is 1. The van der Waals surface area contributed by atoms with Gasteiger partial charge in [-0.25, -0.2) is 14.8 Å². The summed E-state index contributed by atoms with van der Waals surface area (Å²) in [6, 6.07) is 0. The molecule has 0 aromatic carbocycles. The summed E-state index contributed by atoms with van der Waals surface area (Å²) in [4.78, 5) is 18.5. The van der Waals surface area contributed by atoms with E-state index in [1.165, 1.54) is 12.4 Å². The monoisotopic (exact) mass is 265 g/mol. The van der Waals surface area contributed by atoms with Gasteiger partial charge < -0.3 is 15.2 Å². The van der Waals surface area contributed by atoms with Crippen molar-refractivity contribution in [3.63, 3.8) is 0 Å². The van der Waals surface area contributed by atoms with E-state index in [1.807, 2.05) is 0 Å². The fourth-order valence-electron chi connectivity index (χ4n) is 2.38. The maximum atomic E-state index is 10.7. The van der Waals surface area contributed by atoms with E-state index < -0.39 is 5.97 Å². The van der Waals surface area contributed by atoms with Crippen LogP contribution in [0.2, 0.25) is 0 Å². The lowest BCUT2D eigenvalue weighted by Crippen LogP contribution is -2.28. The minimum Gasteiger partial charge on any atom is -0.476 e. The molecule has 0 amide bonds. The molecule has 0 spiro atoms. The Hall–Kier alpha value is -1.69. The number of hydrogen-bond donors (Lipinski definition) is 2. The number of aromatic carboxylic acids is 1. The van der Waals surface area contributed by atoms with Crippen LogP contribution in [0.25, 0.3) is 0 Å². The number of nitrogens with zero attached hydrogens (tertiary/aromatic N) is 2. The van der Waals surface area contributed by atoms with Crippen LogP contribution in [0, 0.1) is 11.8 Å². The lowest BCUT2D eigenvalue weighted by molar-refractivity contribution is 0.0566. The molecule has 1 aliphatic heterocycles. The van der Waals surface area contributed by atoms with Crippen LogP contribution in [0.1, 0.15) is 30.8 Å². The fourth-order valence-corrected chi connectivity index (χ4v) is 2.38. The SMILES string of the molecule is CC(C)[C@H]1OCC[C@@H]1CNc1cnc(C(=O)O)cn1. The molecule has 0 unspecified atom stereocenters. The molecule has 1 aromatic heterocycles. The van der Waals surface area contributed by atoms with Gasteiger partial charge in [-0.3, -0.25) is 0 Å². The molecule has 2 atom stereocenters. The van der Waals surface area contributed by atoms with E-state index in [4.69, 9.17) is 9.84 Å². The molecular formula is C13H19N3O3. The molecule has 104 valence electrons. The molecule has 6 nitrogen and oxygen atoms in total. The summed E-state index contributed by atoms with van der Waals surface area (Å²) in [6.45, 7) is 5.89. The second-order valence-corrected chi connectivity index (χ2v) is 5.10.